The van der Waals surface area contributed by atoms with E-state index in [1.807, 2.05) is 0 Å². The molecule has 33 heavy (non-hydrogen) atoms. The first-order chi connectivity index (χ1) is 15.7. The van der Waals surface area contributed by atoms with Crippen LogP contribution in [-0.2, 0) is 5.92 Å². The van der Waals surface area contributed by atoms with E-state index in [2.05, 4.69) is 38.8 Å². The van der Waals surface area contributed by atoms with Crippen LogP contribution in [0, 0.1) is 0 Å². The van der Waals surface area contributed by atoms with Gasteiger partial charge in [0.2, 0.25) is 11.7 Å². The molecule has 1 atom stereocenters. The van der Waals surface area contributed by atoms with Crippen molar-refractivity contribution < 1.29 is 13.5 Å². The van der Waals surface area contributed by atoms with Crippen molar-refractivity contribution in [3.8, 4) is 11.7 Å². The van der Waals surface area contributed by atoms with Crippen LogP contribution < -0.4 is 9.64 Å². The van der Waals surface area contributed by atoms with Gasteiger partial charge >= 0.3 is 5.92 Å². The largest absolute Gasteiger partial charge is 0.474 e. The predicted octanol–water partition coefficient (Wildman–Crippen LogP) is 4.05. The summed E-state index contributed by atoms with van der Waals surface area (Å²) in [6.45, 7) is 2.41. The van der Waals surface area contributed by atoms with Crippen molar-refractivity contribution in [3.05, 3.63) is 29.3 Å². The fourth-order valence-electron chi connectivity index (χ4n) is 4.17. The average Bonchev–Trinajstić information content (AvgIpc) is 3.34. The van der Waals surface area contributed by atoms with E-state index in [1.165, 1.54) is 4.68 Å². The lowest BCUT2D eigenvalue weighted by Crippen LogP contribution is -2.31. The summed E-state index contributed by atoms with van der Waals surface area (Å²) in [5, 5.41) is 5.85. The Morgan fingerprint density at radius 2 is 1.97 bits per heavy atom. The summed E-state index contributed by atoms with van der Waals surface area (Å²) < 4.78 is 35.9. The van der Waals surface area contributed by atoms with Crippen molar-refractivity contribution in [2.75, 3.05) is 32.1 Å². The Kier molecular flexibility index (Phi) is 5.60. The van der Waals surface area contributed by atoms with Crippen LogP contribution in [0.25, 0.3) is 16.7 Å². The van der Waals surface area contributed by atoms with Gasteiger partial charge in [-0.25, -0.2) is 14.6 Å². The smallest absolute Gasteiger partial charge is 0.304 e. The highest BCUT2D eigenvalue weighted by Crippen LogP contribution is 2.34. The second-order valence-corrected chi connectivity index (χ2v) is 9.45. The molecule has 3 aromatic rings. The standard InChI is InChI=1S/C22H26ClF2N7O/c1-22(24,25)21-27-18(10-19(28-21)33-14-5-4-6-14)32-16-9-17(23)26-11-15(16)20(29-32)31-8-7-13(12-31)30(2)3/h9-11,13-14H,4-8,12H2,1-3H3/t13-/m0/s1. The zero-order valence-electron chi connectivity index (χ0n) is 18.8. The van der Waals surface area contributed by atoms with E-state index < -0.39 is 11.7 Å². The molecule has 1 aliphatic carbocycles. The van der Waals surface area contributed by atoms with Gasteiger partial charge in [-0.05, 0) is 39.8 Å². The molecular weight excluding hydrogens is 452 g/mol. The molecule has 0 radical (unpaired) electrons. The van der Waals surface area contributed by atoms with E-state index >= 15 is 0 Å². The Bertz CT molecular complexity index is 1180. The number of ether oxygens (including phenoxy) is 1. The maximum absolute atomic E-state index is 14.3. The summed E-state index contributed by atoms with van der Waals surface area (Å²) in [4.78, 5) is 16.7. The number of alkyl halides is 2. The van der Waals surface area contributed by atoms with Crippen molar-refractivity contribution in [3.63, 3.8) is 0 Å². The van der Waals surface area contributed by atoms with Crippen molar-refractivity contribution in [1.29, 1.82) is 0 Å². The highest BCUT2D eigenvalue weighted by Gasteiger charge is 2.32. The maximum atomic E-state index is 14.3. The van der Waals surface area contributed by atoms with E-state index in [9.17, 15) is 8.78 Å². The first-order valence-electron chi connectivity index (χ1n) is 11.1. The number of nitrogens with zero attached hydrogens (tertiary/aromatic N) is 7. The van der Waals surface area contributed by atoms with Gasteiger partial charge in [0.05, 0.1) is 10.9 Å². The molecule has 11 heteroatoms. The van der Waals surface area contributed by atoms with Crippen LogP contribution in [0.2, 0.25) is 5.15 Å². The van der Waals surface area contributed by atoms with Crippen LogP contribution in [0.1, 0.15) is 38.4 Å². The highest BCUT2D eigenvalue weighted by molar-refractivity contribution is 6.30. The van der Waals surface area contributed by atoms with Gasteiger partial charge in [0.1, 0.15) is 11.3 Å². The summed E-state index contributed by atoms with van der Waals surface area (Å²) in [7, 11) is 4.12. The SMILES string of the molecule is CN(C)[C@H]1CCN(c2nn(-c3cc(OC4CCC4)nc(C(C)(F)F)n3)c3cc(Cl)ncc23)C1. The van der Waals surface area contributed by atoms with E-state index in [1.54, 1.807) is 18.3 Å². The molecule has 1 aliphatic heterocycles. The number of fused-ring (bicyclic) bond motifs is 1. The summed E-state index contributed by atoms with van der Waals surface area (Å²) in [6.07, 6.45) is 5.48. The topological polar surface area (TPSA) is 72.2 Å². The molecular formula is C22H26ClF2N7O. The molecule has 0 amide bonds. The van der Waals surface area contributed by atoms with Crippen molar-refractivity contribution >= 4 is 28.3 Å². The number of hydrogen-bond donors (Lipinski definition) is 0. The van der Waals surface area contributed by atoms with Gasteiger partial charge in [0.15, 0.2) is 11.6 Å². The van der Waals surface area contributed by atoms with Gasteiger partial charge in [-0.3, -0.25) is 0 Å². The summed E-state index contributed by atoms with van der Waals surface area (Å²) in [5.74, 6) is -2.78. The molecule has 176 valence electrons. The van der Waals surface area contributed by atoms with Crippen molar-refractivity contribution in [2.45, 2.75) is 50.7 Å². The second kappa shape index (κ2) is 8.32. The van der Waals surface area contributed by atoms with E-state index in [0.29, 0.717) is 11.6 Å². The van der Waals surface area contributed by atoms with Crippen LogP contribution in [0.3, 0.4) is 0 Å². The Morgan fingerprint density at radius 3 is 2.61 bits per heavy atom. The van der Waals surface area contributed by atoms with Crippen molar-refractivity contribution in [1.82, 2.24) is 29.6 Å². The van der Waals surface area contributed by atoms with Crippen LogP contribution in [-0.4, -0.2) is 69.0 Å². The Balaban J connectivity index is 1.62. The van der Waals surface area contributed by atoms with Gasteiger partial charge in [0.25, 0.3) is 0 Å². The maximum Gasteiger partial charge on any atom is 0.304 e. The number of anilines is 1. The van der Waals surface area contributed by atoms with Gasteiger partial charge in [-0.2, -0.15) is 13.8 Å². The number of aromatic nitrogens is 5. The Morgan fingerprint density at radius 1 is 1.18 bits per heavy atom. The lowest BCUT2D eigenvalue weighted by molar-refractivity contribution is 0.00603. The summed E-state index contributed by atoms with van der Waals surface area (Å²) in [6, 6.07) is 3.63. The summed E-state index contributed by atoms with van der Waals surface area (Å²) >= 11 is 6.19. The molecule has 1 saturated heterocycles. The molecule has 3 aromatic heterocycles. The van der Waals surface area contributed by atoms with E-state index in [0.717, 1.165) is 56.9 Å². The van der Waals surface area contributed by atoms with Crippen LogP contribution in [0.15, 0.2) is 18.3 Å². The quantitative estimate of drug-likeness (QED) is 0.496. The molecule has 0 spiro atoms. The molecule has 2 aliphatic rings. The van der Waals surface area contributed by atoms with Crippen LogP contribution >= 0.6 is 11.6 Å². The molecule has 1 saturated carbocycles. The van der Waals surface area contributed by atoms with E-state index in [4.69, 9.17) is 21.4 Å². The Labute approximate surface area is 195 Å². The Hall–Kier alpha value is -2.59. The molecule has 0 bridgehead atoms. The number of hydrogen-bond acceptors (Lipinski definition) is 7. The fourth-order valence-corrected chi connectivity index (χ4v) is 4.32. The van der Waals surface area contributed by atoms with Gasteiger partial charge in [-0.15, -0.1) is 5.10 Å². The lowest BCUT2D eigenvalue weighted by atomic mass is 9.96. The van der Waals surface area contributed by atoms with Gasteiger partial charge in [0, 0.05) is 44.4 Å². The minimum absolute atomic E-state index is 0.0118. The normalized spacial score (nSPS) is 19.5. The summed E-state index contributed by atoms with van der Waals surface area (Å²) in [5.41, 5.74) is 0.636. The van der Waals surface area contributed by atoms with Crippen LogP contribution in [0.4, 0.5) is 14.6 Å². The molecule has 0 N–H and O–H groups in total. The lowest BCUT2D eigenvalue weighted by Gasteiger charge is -2.26. The van der Waals surface area contributed by atoms with Crippen molar-refractivity contribution in [2.24, 2.45) is 0 Å². The van der Waals surface area contributed by atoms with E-state index in [-0.39, 0.29) is 23.0 Å². The zero-order chi connectivity index (χ0) is 23.3. The van der Waals surface area contributed by atoms with Gasteiger partial charge in [-0.1, -0.05) is 11.6 Å². The number of halogens is 3. The molecule has 8 nitrogen and oxygen atoms in total. The number of pyridine rings is 1. The minimum Gasteiger partial charge on any atom is -0.474 e. The second-order valence-electron chi connectivity index (χ2n) is 9.06. The predicted molar refractivity (Wildman–Crippen MR) is 122 cm³/mol. The zero-order valence-corrected chi connectivity index (χ0v) is 19.6. The average molecular weight is 478 g/mol. The van der Waals surface area contributed by atoms with Gasteiger partial charge < -0.3 is 14.5 Å². The highest BCUT2D eigenvalue weighted by atomic mass is 35.5. The molecule has 4 heterocycles. The van der Waals surface area contributed by atoms with Crippen LogP contribution in [0.5, 0.6) is 5.88 Å². The molecule has 2 fully saturated rings. The molecule has 5 rings (SSSR count). The third-order valence-corrected chi connectivity index (χ3v) is 6.55. The monoisotopic (exact) mass is 477 g/mol. The number of likely N-dealkylation sites (N-methyl/N-ethyl adjacent to an activating group) is 1. The third-order valence-electron chi connectivity index (χ3n) is 6.34. The first-order valence-corrected chi connectivity index (χ1v) is 11.5. The number of rotatable bonds is 6. The third kappa shape index (κ3) is 4.33. The first kappa shape index (κ1) is 22.2. The molecule has 0 aromatic carbocycles. The fraction of sp³-hybridized carbons (Fsp3) is 0.545. The minimum atomic E-state index is -3.23. The molecule has 0 unspecified atom stereocenters.